The Balaban J connectivity index is 2.01. The molecule has 1 aromatic carbocycles. The molecule has 0 saturated heterocycles. The molecule has 7 heteroatoms. The zero-order chi connectivity index (χ0) is 15.4. The molecule has 0 unspecified atom stereocenters. The minimum atomic E-state index is -1.25. The fourth-order valence-electron chi connectivity index (χ4n) is 1.85. The van der Waals surface area contributed by atoms with Gasteiger partial charge < -0.3 is 20.8 Å². The molecule has 0 bridgehead atoms. The van der Waals surface area contributed by atoms with Crippen molar-refractivity contribution < 1.29 is 24.6 Å². The van der Waals surface area contributed by atoms with Crippen LogP contribution in [-0.4, -0.2) is 40.6 Å². The Kier molecular flexibility index (Phi) is 4.54. The third-order valence-corrected chi connectivity index (χ3v) is 3.07. The van der Waals surface area contributed by atoms with Gasteiger partial charge in [0.1, 0.15) is 0 Å². The third kappa shape index (κ3) is 4.57. The summed E-state index contributed by atoms with van der Waals surface area (Å²) in [5.74, 6) is -2.78. The lowest BCUT2D eigenvalue weighted by atomic mass is 10.1. The van der Waals surface area contributed by atoms with Gasteiger partial charge in [-0.05, 0) is 31.0 Å². The maximum absolute atomic E-state index is 11.7. The number of aromatic carboxylic acids is 2. The van der Waals surface area contributed by atoms with Crippen LogP contribution in [0.15, 0.2) is 18.2 Å². The standard InChI is InChI=1S/C14H16N2O5/c17-12(3-4-15-10-1-2-10)16-11-6-8(13(18)19)5-9(7-11)14(20)21/h5-7,10,15H,1-4H2,(H,16,17)(H,18,19)(H,20,21). The lowest BCUT2D eigenvalue weighted by Gasteiger charge is -2.08. The molecule has 1 fully saturated rings. The van der Waals surface area contributed by atoms with Gasteiger partial charge in [-0.1, -0.05) is 0 Å². The predicted molar refractivity (Wildman–Crippen MR) is 74.6 cm³/mol. The quantitative estimate of drug-likeness (QED) is 0.599. The molecule has 1 aliphatic carbocycles. The average molecular weight is 292 g/mol. The van der Waals surface area contributed by atoms with Gasteiger partial charge in [-0.25, -0.2) is 9.59 Å². The fraction of sp³-hybridized carbons (Fsp3) is 0.357. The topological polar surface area (TPSA) is 116 Å². The molecule has 21 heavy (non-hydrogen) atoms. The van der Waals surface area contributed by atoms with Crippen LogP contribution in [0.4, 0.5) is 5.69 Å². The first-order chi connectivity index (χ1) is 9.95. The molecule has 0 radical (unpaired) electrons. The van der Waals surface area contributed by atoms with Gasteiger partial charge in [0, 0.05) is 24.7 Å². The highest BCUT2D eigenvalue weighted by Crippen LogP contribution is 2.18. The Morgan fingerprint density at radius 1 is 1.05 bits per heavy atom. The van der Waals surface area contributed by atoms with Crippen LogP contribution in [-0.2, 0) is 4.79 Å². The maximum Gasteiger partial charge on any atom is 0.335 e. The summed E-state index contributed by atoms with van der Waals surface area (Å²) < 4.78 is 0. The number of benzene rings is 1. The van der Waals surface area contributed by atoms with Crippen LogP contribution in [0.2, 0.25) is 0 Å². The van der Waals surface area contributed by atoms with E-state index in [1.54, 1.807) is 0 Å². The summed E-state index contributed by atoms with van der Waals surface area (Å²) in [6.45, 7) is 0.543. The van der Waals surface area contributed by atoms with E-state index >= 15 is 0 Å². The predicted octanol–water partition coefficient (Wildman–Crippen LogP) is 1.16. The van der Waals surface area contributed by atoms with Crippen molar-refractivity contribution >= 4 is 23.5 Å². The van der Waals surface area contributed by atoms with Crippen molar-refractivity contribution in [2.45, 2.75) is 25.3 Å². The highest BCUT2D eigenvalue weighted by atomic mass is 16.4. The van der Waals surface area contributed by atoms with Crippen LogP contribution >= 0.6 is 0 Å². The second-order valence-corrected chi connectivity index (χ2v) is 4.94. The molecule has 1 amide bonds. The van der Waals surface area contributed by atoms with E-state index in [1.807, 2.05) is 0 Å². The third-order valence-electron chi connectivity index (χ3n) is 3.07. The van der Waals surface area contributed by atoms with Crippen molar-refractivity contribution in [3.05, 3.63) is 29.3 Å². The van der Waals surface area contributed by atoms with E-state index < -0.39 is 11.9 Å². The Bertz CT molecular complexity index is 548. The number of hydrogen-bond acceptors (Lipinski definition) is 4. The van der Waals surface area contributed by atoms with Gasteiger partial charge in [0.2, 0.25) is 5.91 Å². The second kappa shape index (κ2) is 6.36. The van der Waals surface area contributed by atoms with Crippen LogP contribution in [0.25, 0.3) is 0 Å². The Hall–Kier alpha value is -2.41. The van der Waals surface area contributed by atoms with Crippen LogP contribution in [0.5, 0.6) is 0 Å². The zero-order valence-corrected chi connectivity index (χ0v) is 11.3. The second-order valence-electron chi connectivity index (χ2n) is 4.94. The molecule has 1 saturated carbocycles. The van der Waals surface area contributed by atoms with E-state index in [2.05, 4.69) is 10.6 Å². The molecule has 2 rings (SSSR count). The van der Waals surface area contributed by atoms with Crippen molar-refractivity contribution in [1.29, 1.82) is 0 Å². The Morgan fingerprint density at radius 3 is 2.10 bits per heavy atom. The van der Waals surface area contributed by atoms with Gasteiger partial charge in [-0.2, -0.15) is 0 Å². The van der Waals surface area contributed by atoms with Crippen LogP contribution < -0.4 is 10.6 Å². The summed E-state index contributed by atoms with van der Waals surface area (Å²) in [6, 6.07) is 4.03. The summed E-state index contributed by atoms with van der Waals surface area (Å²) in [5.41, 5.74) is -0.189. The van der Waals surface area contributed by atoms with Gasteiger partial charge in [0.15, 0.2) is 0 Å². The molecule has 1 aromatic rings. The van der Waals surface area contributed by atoms with Gasteiger partial charge in [-0.3, -0.25) is 4.79 Å². The highest BCUT2D eigenvalue weighted by molar-refractivity contribution is 5.98. The summed E-state index contributed by atoms with van der Waals surface area (Å²) in [6.07, 6.45) is 2.50. The largest absolute Gasteiger partial charge is 0.478 e. The normalized spacial score (nSPS) is 13.7. The number of amides is 1. The summed E-state index contributed by atoms with van der Waals surface area (Å²) in [5, 5.41) is 23.6. The van der Waals surface area contributed by atoms with Gasteiger partial charge >= 0.3 is 11.9 Å². The SMILES string of the molecule is O=C(CCNC1CC1)Nc1cc(C(=O)O)cc(C(=O)O)c1. The van der Waals surface area contributed by atoms with Gasteiger partial charge in [0.05, 0.1) is 11.1 Å². The summed E-state index contributed by atoms with van der Waals surface area (Å²) >= 11 is 0. The van der Waals surface area contributed by atoms with Crippen LogP contribution in [0.1, 0.15) is 40.0 Å². The number of hydrogen-bond donors (Lipinski definition) is 4. The minimum Gasteiger partial charge on any atom is -0.478 e. The first-order valence-corrected chi connectivity index (χ1v) is 6.60. The van der Waals surface area contributed by atoms with E-state index in [0.717, 1.165) is 18.9 Å². The van der Waals surface area contributed by atoms with Crippen molar-refractivity contribution in [3.8, 4) is 0 Å². The number of rotatable bonds is 7. The molecular formula is C14H16N2O5. The monoisotopic (exact) mass is 292 g/mol. The summed E-state index contributed by atoms with van der Waals surface area (Å²) in [7, 11) is 0. The van der Waals surface area contributed by atoms with E-state index in [4.69, 9.17) is 10.2 Å². The van der Waals surface area contributed by atoms with Crippen molar-refractivity contribution in [1.82, 2.24) is 5.32 Å². The molecular weight excluding hydrogens is 276 g/mol. The van der Waals surface area contributed by atoms with Crippen LogP contribution in [0, 0.1) is 0 Å². The molecule has 0 aromatic heterocycles. The van der Waals surface area contributed by atoms with Crippen molar-refractivity contribution in [2.75, 3.05) is 11.9 Å². The number of carboxylic acid groups (broad SMARTS) is 2. The lowest BCUT2D eigenvalue weighted by Crippen LogP contribution is -2.23. The number of nitrogens with one attached hydrogen (secondary N) is 2. The smallest absolute Gasteiger partial charge is 0.335 e. The van der Waals surface area contributed by atoms with E-state index in [0.29, 0.717) is 12.6 Å². The van der Waals surface area contributed by atoms with Crippen LogP contribution in [0.3, 0.4) is 0 Å². The van der Waals surface area contributed by atoms with Gasteiger partial charge in [-0.15, -0.1) is 0 Å². The average Bonchev–Trinajstić information content (AvgIpc) is 3.22. The molecule has 7 nitrogen and oxygen atoms in total. The fourth-order valence-corrected chi connectivity index (χ4v) is 1.85. The Labute approximate surface area is 121 Å². The lowest BCUT2D eigenvalue weighted by molar-refractivity contribution is -0.116. The van der Waals surface area contributed by atoms with E-state index in [-0.39, 0.29) is 29.1 Å². The first-order valence-electron chi connectivity index (χ1n) is 6.60. The number of carboxylic acids is 2. The summed E-state index contributed by atoms with van der Waals surface area (Å²) in [4.78, 5) is 33.6. The van der Waals surface area contributed by atoms with Crippen molar-refractivity contribution in [3.63, 3.8) is 0 Å². The number of carbonyl (C=O) groups is 3. The first kappa shape index (κ1) is 15.0. The Morgan fingerprint density at radius 2 is 1.62 bits per heavy atom. The van der Waals surface area contributed by atoms with Gasteiger partial charge in [0.25, 0.3) is 0 Å². The van der Waals surface area contributed by atoms with E-state index in [9.17, 15) is 14.4 Å². The van der Waals surface area contributed by atoms with Crippen molar-refractivity contribution in [2.24, 2.45) is 0 Å². The maximum atomic E-state index is 11.7. The molecule has 0 spiro atoms. The highest BCUT2D eigenvalue weighted by Gasteiger charge is 2.20. The molecule has 1 aliphatic rings. The molecule has 0 atom stereocenters. The molecule has 0 aliphatic heterocycles. The van der Waals surface area contributed by atoms with E-state index in [1.165, 1.54) is 12.1 Å². The molecule has 0 heterocycles. The zero-order valence-electron chi connectivity index (χ0n) is 11.3. The molecule has 4 N–H and O–H groups in total. The minimum absolute atomic E-state index is 0.170. The molecule has 112 valence electrons. The number of anilines is 1. The number of carbonyl (C=O) groups excluding carboxylic acids is 1.